The number of nitrogens with zero attached hydrogens (tertiary/aromatic N) is 4. The van der Waals surface area contributed by atoms with Crippen LogP contribution in [0.3, 0.4) is 0 Å². The van der Waals surface area contributed by atoms with E-state index in [-0.39, 0.29) is 29.0 Å². The van der Waals surface area contributed by atoms with Gasteiger partial charge in [0.05, 0.1) is 11.4 Å². The maximum Gasteiger partial charge on any atom is 0.251 e. The van der Waals surface area contributed by atoms with Gasteiger partial charge in [0, 0.05) is 30.8 Å². The van der Waals surface area contributed by atoms with Crippen LogP contribution in [0.4, 0.5) is 15.9 Å². The van der Waals surface area contributed by atoms with E-state index in [1.54, 1.807) is 23.1 Å². The van der Waals surface area contributed by atoms with Gasteiger partial charge in [0.1, 0.15) is 23.3 Å². The van der Waals surface area contributed by atoms with Crippen molar-refractivity contribution in [2.24, 2.45) is 0 Å². The van der Waals surface area contributed by atoms with Gasteiger partial charge in [0.15, 0.2) is 0 Å². The quantitative estimate of drug-likeness (QED) is 0.541. The van der Waals surface area contributed by atoms with Crippen LogP contribution in [0.15, 0.2) is 48.5 Å². The van der Waals surface area contributed by atoms with Gasteiger partial charge >= 0.3 is 0 Å². The normalized spacial score (nSPS) is 13.2. The summed E-state index contributed by atoms with van der Waals surface area (Å²) in [5.41, 5.74) is 8.63. The lowest BCUT2D eigenvalue weighted by molar-refractivity contribution is -0.117. The fourth-order valence-corrected chi connectivity index (χ4v) is 3.85. The van der Waals surface area contributed by atoms with Crippen LogP contribution < -0.4 is 16.0 Å². The fourth-order valence-electron chi connectivity index (χ4n) is 3.85. The standard InChI is InChI=1S/C24H23FN6O2/c25-17-8-10-18(11-9-17)31-23(27)20(15-26)21(29-31)6-2-12-28-24(33)16-4-1-5-19(14-16)30-13-3-7-22(30)32/h1,4-5,8-11,14H,2-3,6-7,12-13,27H2,(H,28,33). The number of nitrogen functional groups attached to an aromatic ring is 1. The van der Waals surface area contributed by atoms with Gasteiger partial charge in [-0.1, -0.05) is 6.07 Å². The molecule has 1 fully saturated rings. The van der Waals surface area contributed by atoms with E-state index in [1.807, 2.05) is 6.07 Å². The maximum absolute atomic E-state index is 13.2. The zero-order valence-electron chi connectivity index (χ0n) is 17.9. The molecule has 2 aromatic carbocycles. The molecule has 0 spiro atoms. The average Bonchev–Trinajstić information content (AvgIpc) is 3.39. The highest BCUT2D eigenvalue weighted by Gasteiger charge is 2.22. The number of hydrogen-bond donors (Lipinski definition) is 2. The Bertz CT molecular complexity index is 1230. The van der Waals surface area contributed by atoms with Gasteiger partial charge in [-0.25, -0.2) is 9.07 Å². The van der Waals surface area contributed by atoms with Crippen LogP contribution in [0.5, 0.6) is 0 Å². The summed E-state index contributed by atoms with van der Waals surface area (Å²) in [7, 11) is 0. The zero-order valence-corrected chi connectivity index (χ0v) is 17.9. The van der Waals surface area contributed by atoms with Gasteiger partial charge in [-0.2, -0.15) is 10.4 Å². The molecular weight excluding hydrogens is 423 g/mol. The molecule has 2 heterocycles. The number of amides is 2. The van der Waals surface area contributed by atoms with Crippen molar-refractivity contribution in [3.8, 4) is 11.8 Å². The van der Waals surface area contributed by atoms with E-state index in [0.717, 1.165) is 12.1 Å². The number of carbonyl (C=O) groups is 2. The lowest BCUT2D eigenvalue weighted by Gasteiger charge is -2.16. The number of nitrogens with one attached hydrogen (secondary N) is 1. The SMILES string of the molecule is N#Cc1c(CCCNC(=O)c2cccc(N3CCCC3=O)c2)nn(-c2ccc(F)cc2)c1N. The van der Waals surface area contributed by atoms with Crippen molar-refractivity contribution in [3.63, 3.8) is 0 Å². The Morgan fingerprint density at radius 3 is 2.70 bits per heavy atom. The number of hydrogen-bond acceptors (Lipinski definition) is 5. The van der Waals surface area contributed by atoms with Gasteiger partial charge in [0.2, 0.25) is 5.91 Å². The van der Waals surface area contributed by atoms with Crippen molar-refractivity contribution >= 4 is 23.3 Å². The van der Waals surface area contributed by atoms with Crippen molar-refractivity contribution in [3.05, 3.63) is 71.2 Å². The van der Waals surface area contributed by atoms with Crippen molar-refractivity contribution in [1.29, 1.82) is 5.26 Å². The molecule has 2 amide bonds. The summed E-state index contributed by atoms with van der Waals surface area (Å²) in [6.07, 6.45) is 2.33. The largest absolute Gasteiger partial charge is 0.382 e. The molecular formula is C24H23FN6O2. The van der Waals surface area contributed by atoms with E-state index in [9.17, 15) is 19.2 Å². The van der Waals surface area contributed by atoms with Crippen LogP contribution in [0.1, 0.15) is 40.9 Å². The van der Waals surface area contributed by atoms with E-state index in [4.69, 9.17) is 5.73 Å². The molecule has 4 rings (SSSR count). The highest BCUT2D eigenvalue weighted by Crippen LogP contribution is 2.23. The van der Waals surface area contributed by atoms with Crippen LogP contribution >= 0.6 is 0 Å². The Morgan fingerprint density at radius 1 is 1.21 bits per heavy atom. The molecule has 1 aromatic heterocycles. The second-order valence-electron chi connectivity index (χ2n) is 7.77. The van der Waals surface area contributed by atoms with Crippen LogP contribution in [-0.4, -0.2) is 34.7 Å². The first-order chi connectivity index (χ1) is 16.0. The van der Waals surface area contributed by atoms with Gasteiger partial charge in [-0.05, 0) is 61.7 Å². The number of aromatic nitrogens is 2. The molecule has 3 N–H and O–H groups in total. The Kier molecular flexibility index (Phi) is 6.36. The van der Waals surface area contributed by atoms with E-state index in [1.165, 1.54) is 28.9 Å². The Balaban J connectivity index is 1.37. The number of nitriles is 1. The monoisotopic (exact) mass is 446 g/mol. The van der Waals surface area contributed by atoms with E-state index in [2.05, 4.69) is 16.5 Å². The highest BCUT2D eigenvalue weighted by molar-refractivity contribution is 5.99. The predicted molar refractivity (Wildman–Crippen MR) is 121 cm³/mol. The van der Waals surface area contributed by atoms with E-state index < -0.39 is 0 Å². The van der Waals surface area contributed by atoms with Gasteiger partial charge in [-0.3, -0.25) is 9.59 Å². The minimum absolute atomic E-state index is 0.0696. The third-order valence-corrected chi connectivity index (χ3v) is 5.55. The summed E-state index contributed by atoms with van der Waals surface area (Å²) in [4.78, 5) is 26.2. The predicted octanol–water partition coefficient (Wildman–Crippen LogP) is 2.95. The molecule has 3 aromatic rings. The fraction of sp³-hybridized carbons (Fsp3) is 0.250. The molecule has 8 nitrogen and oxygen atoms in total. The van der Waals surface area contributed by atoms with E-state index >= 15 is 0 Å². The molecule has 1 saturated heterocycles. The Hall–Kier alpha value is -4.19. The van der Waals surface area contributed by atoms with Crippen molar-refractivity contribution < 1.29 is 14.0 Å². The first-order valence-corrected chi connectivity index (χ1v) is 10.7. The minimum atomic E-state index is -0.376. The van der Waals surface area contributed by atoms with Crippen molar-refractivity contribution in [1.82, 2.24) is 15.1 Å². The van der Waals surface area contributed by atoms with Crippen molar-refractivity contribution in [2.45, 2.75) is 25.7 Å². The molecule has 0 saturated carbocycles. The number of benzene rings is 2. The second-order valence-corrected chi connectivity index (χ2v) is 7.77. The van der Waals surface area contributed by atoms with Crippen LogP contribution in [0.25, 0.3) is 5.69 Å². The lowest BCUT2D eigenvalue weighted by Crippen LogP contribution is -2.26. The van der Waals surface area contributed by atoms with E-state index in [0.29, 0.717) is 49.3 Å². The number of nitrogens with two attached hydrogens (primary N) is 1. The summed E-state index contributed by atoms with van der Waals surface area (Å²) < 4.78 is 14.6. The molecule has 9 heteroatoms. The minimum Gasteiger partial charge on any atom is -0.382 e. The van der Waals surface area contributed by atoms with Gasteiger partial charge < -0.3 is 16.0 Å². The van der Waals surface area contributed by atoms with Crippen LogP contribution in [0.2, 0.25) is 0 Å². The second kappa shape index (κ2) is 9.53. The molecule has 0 unspecified atom stereocenters. The van der Waals surface area contributed by atoms with Gasteiger partial charge in [-0.15, -0.1) is 0 Å². The summed E-state index contributed by atoms with van der Waals surface area (Å²) >= 11 is 0. The summed E-state index contributed by atoms with van der Waals surface area (Å²) in [6, 6.07) is 14.8. The molecule has 0 radical (unpaired) electrons. The molecule has 1 aliphatic heterocycles. The maximum atomic E-state index is 13.2. The smallest absolute Gasteiger partial charge is 0.251 e. The topological polar surface area (TPSA) is 117 Å². The summed E-state index contributed by atoms with van der Waals surface area (Å²) in [6.45, 7) is 1.04. The molecule has 0 aliphatic carbocycles. The zero-order chi connectivity index (χ0) is 23.4. The third kappa shape index (κ3) is 4.70. The summed E-state index contributed by atoms with van der Waals surface area (Å²) in [5.74, 6) is -0.351. The molecule has 0 atom stereocenters. The molecule has 0 bridgehead atoms. The Labute approximate surface area is 190 Å². The first kappa shape index (κ1) is 22.0. The van der Waals surface area contributed by atoms with Crippen LogP contribution in [-0.2, 0) is 11.2 Å². The lowest BCUT2D eigenvalue weighted by atomic mass is 10.1. The number of carbonyl (C=O) groups excluding carboxylic acids is 2. The average molecular weight is 446 g/mol. The Morgan fingerprint density at radius 2 is 2.00 bits per heavy atom. The first-order valence-electron chi connectivity index (χ1n) is 10.7. The number of aryl methyl sites for hydroxylation is 1. The van der Waals surface area contributed by atoms with Gasteiger partial charge in [0.25, 0.3) is 5.91 Å². The third-order valence-electron chi connectivity index (χ3n) is 5.55. The highest BCUT2D eigenvalue weighted by atomic mass is 19.1. The number of halogens is 1. The van der Waals surface area contributed by atoms with Crippen LogP contribution in [0, 0.1) is 17.1 Å². The molecule has 1 aliphatic rings. The number of rotatable bonds is 7. The molecule has 168 valence electrons. The molecule has 33 heavy (non-hydrogen) atoms. The van der Waals surface area contributed by atoms with Crippen molar-refractivity contribution in [2.75, 3.05) is 23.7 Å². The number of anilines is 2. The summed E-state index contributed by atoms with van der Waals surface area (Å²) in [5, 5.41) is 16.8.